The van der Waals surface area contributed by atoms with Crippen molar-refractivity contribution in [1.82, 2.24) is 20.8 Å². The molecular formula is C10H14N4O4. The van der Waals surface area contributed by atoms with Gasteiger partial charge >= 0.3 is 12.0 Å². The van der Waals surface area contributed by atoms with Crippen molar-refractivity contribution in [2.24, 2.45) is 0 Å². The minimum atomic E-state index is -1.14. The fraction of sp³-hybridized carbons (Fsp3) is 0.600. The van der Waals surface area contributed by atoms with Gasteiger partial charge in [0.05, 0.1) is 6.54 Å². The second-order valence-corrected chi connectivity index (χ2v) is 4.25. The fourth-order valence-electron chi connectivity index (χ4n) is 2.06. The third kappa shape index (κ3) is 2.58. The molecule has 1 fully saturated rings. The number of aliphatic carboxylic acids is 1. The number of carboxylic acids is 1. The highest BCUT2D eigenvalue weighted by atomic mass is 16.5. The summed E-state index contributed by atoms with van der Waals surface area (Å²) in [6.45, 7) is 0.0953. The van der Waals surface area contributed by atoms with Gasteiger partial charge in [-0.25, -0.2) is 9.59 Å². The molecule has 1 saturated carbocycles. The Hall–Kier alpha value is -2.12. The lowest BCUT2D eigenvalue weighted by Gasteiger charge is -2.25. The smallest absolute Gasteiger partial charge is 0.329 e. The summed E-state index contributed by atoms with van der Waals surface area (Å²) in [6.07, 6.45) is 3.68. The first-order chi connectivity index (χ1) is 8.62. The summed E-state index contributed by atoms with van der Waals surface area (Å²) in [5, 5.41) is 17.7. The number of carboxylic acid groups (broad SMARTS) is 1. The van der Waals surface area contributed by atoms with Crippen LogP contribution in [0.4, 0.5) is 4.79 Å². The highest BCUT2D eigenvalue weighted by molar-refractivity contribution is 5.86. The number of nitrogens with zero attached hydrogens (tertiary/aromatic N) is 2. The minimum Gasteiger partial charge on any atom is -0.480 e. The summed E-state index contributed by atoms with van der Waals surface area (Å²) in [4.78, 5) is 26.6. The fourth-order valence-corrected chi connectivity index (χ4v) is 2.06. The van der Waals surface area contributed by atoms with E-state index in [1.54, 1.807) is 0 Å². The Morgan fingerprint density at radius 3 is 2.72 bits per heavy atom. The molecule has 0 spiro atoms. The number of hydrogen-bond donors (Lipinski definition) is 3. The zero-order chi connectivity index (χ0) is 13.0. The number of rotatable bonds is 4. The molecule has 0 saturated heterocycles. The normalized spacial score (nSPS) is 17.3. The van der Waals surface area contributed by atoms with Crippen molar-refractivity contribution in [2.75, 3.05) is 0 Å². The topological polar surface area (TPSA) is 117 Å². The van der Waals surface area contributed by atoms with Gasteiger partial charge < -0.3 is 20.3 Å². The van der Waals surface area contributed by atoms with Gasteiger partial charge in [0, 0.05) is 0 Å². The molecule has 3 N–H and O–H groups in total. The van der Waals surface area contributed by atoms with Crippen LogP contribution in [0.25, 0.3) is 0 Å². The molecule has 8 nitrogen and oxygen atoms in total. The van der Waals surface area contributed by atoms with Gasteiger partial charge in [-0.15, -0.1) is 0 Å². The van der Waals surface area contributed by atoms with E-state index in [-0.39, 0.29) is 6.54 Å². The second-order valence-electron chi connectivity index (χ2n) is 4.25. The van der Waals surface area contributed by atoms with Crippen LogP contribution in [0.2, 0.25) is 0 Å². The van der Waals surface area contributed by atoms with E-state index in [1.807, 2.05) is 0 Å². The van der Waals surface area contributed by atoms with E-state index in [0.717, 1.165) is 19.2 Å². The summed E-state index contributed by atoms with van der Waals surface area (Å²) < 4.78 is 4.51. The molecule has 0 radical (unpaired) electrons. The number of amides is 2. The summed E-state index contributed by atoms with van der Waals surface area (Å²) in [6, 6.07) is -0.538. The van der Waals surface area contributed by atoms with Crippen molar-refractivity contribution in [2.45, 2.75) is 37.8 Å². The second kappa shape index (κ2) is 5.03. The lowest BCUT2D eigenvalue weighted by atomic mass is 9.98. The molecule has 18 heavy (non-hydrogen) atoms. The number of nitrogens with one attached hydrogen (secondary N) is 2. The van der Waals surface area contributed by atoms with Gasteiger partial charge in [-0.2, -0.15) is 4.98 Å². The van der Waals surface area contributed by atoms with E-state index in [9.17, 15) is 14.7 Å². The SMILES string of the molecule is O=C(NCc1ncon1)NC1(C(=O)O)CCCC1. The summed E-state index contributed by atoms with van der Waals surface area (Å²) >= 11 is 0. The molecule has 2 rings (SSSR count). The Morgan fingerprint density at radius 1 is 1.44 bits per heavy atom. The number of hydrogen-bond acceptors (Lipinski definition) is 5. The highest BCUT2D eigenvalue weighted by Gasteiger charge is 2.42. The number of carbonyl (C=O) groups excluding carboxylic acids is 1. The maximum absolute atomic E-state index is 11.6. The van der Waals surface area contributed by atoms with Crippen molar-refractivity contribution >= 4 is 12.0 Å². The average Bonchev–Trinajstić information content (AvgIpc) is 2.97. The summed E-state index contributed by atoms with van der Waals surface area (Å²) in [7, 11) is 0. The van der Waals surface area contributed by atoms with Gasteiger partial charge in [-0.05, 0) is 12.8 Å². The van der Waals surface area contributed by atoms with Crippen molar-refractivity contribution < 1.29 is 19.2 Å². The quantitative estimate of drug-likeness (QED) is 0.709. The van der Waals surface area contributed by atoms with Crippen LogP contribution in [0, 0.1) is 0 Å². The van der Waals surface area contributed by atoms with Crippen LogP contribution in [0.1, 0.15) is 31.5 Å². The van der Waals surface area contributed by atoms with E-state index >= 15 is 0 Å². The first-order valence-corrected chi connectivity index (χ1v) is 5.67. The number of aromatic nitrogens is 2. The van der Waals surface area contributed by atoms with Gasteiger partial charge in [0.25, 0.3) is 0 Å². The predicted octanol–water partition coefficient (Wildman–Crippen LogP) is 0.266. The van der Waals surface area contributed by atoms with E-state index in [2.05, 4.69) is 25.3 Å². The largest absolute Gasteiger partial charge is 0.480 e. The van der Waals surface area contributed by atoms with Gasteiger partial charge in [-0.3, -0.25) is 0 Å². The molecule has 0 atom stereocenters. The Morgan fingerprint density at radius 2 is 2.17 bits per heavy atom. The van der Waals surface area contributed by atoms with Crippen molar-refractivity contribution in [3.63, 3.8) is 0 Å². The molecule has 0 bridgehead atoms. The Bertz CT molecular complexity index is 425. The van der Waals surface area contributed by atoms with Crippen LogP contribution in [0.5, 0.6) is 0 Å². The number of carbonyl (C=O) groups is 2. The lowest BCUT2D eigenvalue weighted by Crippen LogP contribution is -2.55. The van der Waals surface area contributed by atoms with Crippen molar-refractivity contribution in [3.05, 3.63) is 12.2 Å². The molecule has 8 heteroatoms. The van der Waals surface area contributed by atoms with E-state index in [4.69, 9.17) is 0 Å². The molecule has 1 aromatic heterocycles. The first kappa shape index (κ1) is 12.3. The molecule has 2 amide bonds. The first-order valence-electron chi connectivity index (χ1n) is 5.67. The standard InChI is InChI=1S/C10H14N4O4/c15-8(16)10(3-1-2-4-10)13-9(17)11-5-7-12-6-18-14-7/h6H,1-5H2,(H,15,16)(H2,11,13,17). The highest BCUT2D eigenvalue weighted by Crippen LogP contribution is 2.29. The summed E-state index contributed by atoms with van der Waals surface area (Å²) in [5.74, 6) is -0.657. The summed E-state index contributed by atoms with van der Waals surface area (Å²) in [5.41, 5.74) is -1.14. The molecule has 0 unspecified atom stereocenters. The third-order valence-electron chi connectivity index (χ3n) is 3.03. The predicted molar refractivity (Wildman–Crippen MR) is 58.5 cm³/mol. The van der Waals surface area contributed by atoms with Gasteiger partial charge in [0.2, 0.25) is 6.39 Å². The Kier molecular flexibility index (Phi) is 3.45. The van der Waals surface area contributed by atoms with Crippen LogP contribution < -0.4 is 10.6 Å². The van der Waals surface area contributed by atoms with Crippen molar-refractivity contribution in [1.29, 1.82) is 0 Å². The van der Waals surface area contributed by atoms with E-state index < -0.39 is 17.5 Å². The molecule has 0 aromatic carbocycles. The molecule has 1 heterocycles. The maximum atomic E-state index is 11.6. The minimum absolute atomic E-state index is 0.0953. The molecule has 1 aliphatic carbocycles. The van der Waals surface area contributed by atoms with Gasteiger partial charge in [-0.1, -0.05) is 18.0 Å². The van der Waals surface area contributed by atoms with Crippen LogP contribution in [0.3, 0.4) is 0 Å². The molecule has 0 aliphatic heterocycles. The van der Waals surface area contributed by atoms with Crippen LogP contribution in [-0.2, 0) is 11.3 Å². The molecule has 1 aromatic rings. The van der Waals surface area contributed by atoms with Gasteiger partial charge in [0.1, 0.15) is 5.54 Å². The van der Waals surface area contributed by atoms with Crippen molar-refractivity contribution in [3.8, 4) is 0 Å². The average molecular weight is 254 g/mol. The third-order valence-corrected chi connectivity index (χ3v) is 3.03. The Labute approximate surface area is 103 Å². The Balaban J connectivity index is 1.88. The molecule has 1 aliphatic rings. The zero-order valence-electron chi connectivity index (χ0n) is 9.68. The monoisotopic (exact) mass is 254 g/mol. The number of urea groups is 1. The van der Waals surface area contributed by atoms with Crippen LogP contribution >= 0.6 is 0 Å². The maximum Gasteiger partial charge on any atom is 0.329 e. The van der Waals surface area contributed by atoms with Crippen LogP contribution in [0.15, 0.2) is 10.9 Å². The van der Waals surface area contributed by atoms with E-state index in [0.29, 0.717) is 18.7 Å². The van der Waals surface area contributed by atoms with Crippen LogP contribution in [-0.4, -0.2) is 32.8 Å². The molecular weight excluding hydrogens is 240 g/mol. The lowest BCUT2D eigenvalue weighted by molar-refractivity contribution is -0.144. The van der Waals surface area contributed by atoms with E-state index in [1.165, 1.54) is 0 Å². The van der Waals surface area contributed by atoms with Gasteiger partial charge in [0.15, 0.2) is 5.82 Å². The zero-order valence-corrected chi connectivity index (χ0v) is 9.68. The molecule has 98 valence electrons.